The Morgan fingerprint density at radius 2 is 1.77 bits per heavy atom. The van der Waals surface area contributed by atoms with Crippen LogP contribution in [-0.4, -0.2) is 25.2 Å². The van der Waals surface area contributed by atoms with Crippen LogP contribution in [0, 0.1) is 5.41 Å². The van der Waals surface area contributed by atoms with E-state index in [1.807, 2.05) is 20.8 Å². The monoisotopic (exact) mass is 344 g/mol. The quantitative estimate of drug-likeness (QED) is 0.822. The maximum absolute atomic E-state index is 11.8. The van der Waals surface area contributed by atoms with Gasteiger partial charge < -0.3 is 20.1 Å². The molecule has 2 N–H and O–H groups in total. The van der Waals surface area contributed by atoms with Gasteiger partial charge >= 0.3 is 0 Å². The molecule has 0 radical (unpaired) electrons. The second-order valence-corrected chi connectivity index (χ2v) is 6.50. The number of rotatable bonds is 4. The Morgan fingerprint density at radius 3 is 2.27 bits per heavy atom. The molecule has 22 heavy (non-hydrogen) atoms. The Labute approximate surface area is 141 Å². The largest absolute Gasteiger partial charge is 0.493 e. The van der Waals surface area contributed by atoms with Gasteiger partial charge in [-0.3, -0.25) is 4.79 Å². The fourth-order valence-corrected chi connectivity index (χ4v) is 1.93. The molecule has 0 saturated heterocycles. The van der Waals surface area contributed by atoms with E-state index in [0.29, 0.717) is 23.1 Å². The topological polar surface area (TPSA) is 59.6 Å². The lowest BCUT2D eigenvalue weighted by Crippen LogP contribution is -2.44. The van der Waals surface area contributed by atoms with E-state index in [1.54, 1.807) is 26.4 Å². The lowest BCUT2D eigenvalue weighted by atomic mass is 9.96. The molecule has 1 aromatic rings. The number of benzene rings is 1. The van der Waals surface area contributed by atoms with Crippen molar-refractivity contribution in [3.8, 4) is 11.5 Å². The summed E-state index contributed by atoms with van der Waals surface area (Å²) in [4.78, 5) is 11.8. The zero-order valence-corrected chi connectivity index (χ0v) is 14.9. The minimum atomic E-state index is -0.507. The standard InChI is InChI=1S/C15H21ClN2O3S/c1-15(2,3)13(19)18-14(22)17-8-9-6-11(20-4)12(21-5)7-10(9)16/h6-7H,8H2,1-5H3,(H2,17,18,19,22). The van der Waals surface area contributed by atoms with Gasteiger partial charge in [-0.15, -0.1) is 0 Å². The molecule has 1 amide bonds. The van der Waals surface area contributed by atoms with Crippen LogP contribution in [-0.2, 0) is 11.3 Å². The summed E-state index contributed by atoms with van der Waals surface area (Å²) in [6.45, 7) is 5.81. The molecule has 0 aliphatic carbocycles. The summed E-state index contributed by atoms with van der Waals surface area (Å²) >= 11 is 11.3. The molecule has 0 aliphatic heterocycles. The molecule has 7 heteroatoms. The molecule has 122 valence electrons. The molecule has 0 unspecified atom stereocenters. The number of hydrogen-bond donors (Lipinski definition) is 2. The van der Waals surface area contributed by atoms with Gasteiger partial charge in [0, 0.05) is 23.0 Å². The fraction of sp³-hybridized carbons (Fsp3) is 0.467. The van der Waals surface area contributed by atoms with Crippen LogP contribution in [0.15, 0.2) is 12.1 Å². The number of amides is 1. The van der Waals surface area contributed by atoms with Crippen LogP contribution in [0.5, 0.6) is 11.5 Å². The number of carbonyl (C=O) groups is 1. The van der Waals surface area contributed by atoms with Gasteiger partial charge in [0.1, 0.15) is 0 Å². The van der Waals surface area contributed by atoms with Crippen molar-refractivity contribution in [1.82, 2.24) is 10.6 Å². The minimum absolute atomic E-state index is 0.150. The summed E-state index contributed by atoms with van der Waals surface area (Å²) in [6.07, 6.45) is 0. The Hall–Kier alpha value is -1.53. The highest BCUT2D eigenvalue weighted by atomic mass is 35.5. The number of thiocarbonyl (C=S) groups is 1. The van der Waals surface area contributed by atoms with Gasteiger partial charge in [-0.05, 0) is 23.8 Å². The highest BCUT2D eigenvalue weighted by molar-refractivity contribution is 7.80. The van der Waals surface area contributed by atoms with Crippen molar-refractivity contribution in [2.45, 2.75) is 27.3 Å². The third-order valence-electron chi connectivity index (χ3n) is 2.90. The van der Waals surface area contributed by atoms with E-state index in [-0.39, 0.29) is 11.0 Å². The Bertz CT molecular complexity index is 571. The molecule has 1 rings (SSSR count). The van der Waals surface area contributed by atoms with Gasteiger partial charge in [-0.1, -0.05) is 32.4 Å². The first-order chi connectivity index (χ1) is 10.2. The van der Waals surface area contributed by atoms with E-state index in [0.717, 1.165) is 5.56 Å². The molecule has 1 aromatic carbocycles. The molecule has 0 spiro atoms. The normalized spacial score (nSPS) is 10.8. The van der Waals surface area contributed by atoms with E-state index in [2.05, 4.69) is 10.6 Å². The maximum Gasteiger partial charge on any atom is 0.231 e. The van der Waals surface area contributed by atoms with Crippen LogP contribution >= 0.6 is 23.8 Å². The summed E-state index contributed by atoms with van der Waals surface area (Å²) in [7, 11) is 3.10. The highest BCUT2D eigenvalue weighted by Gasteiger charge is 2.22. The average molecular weight is 345 g/mol. The second-order valence-electron chi connectivity index (χ2n) is 5.69. The SMILES string of the molecule is COc1cc(Cl)c(CNC(=S)NC(=O)C(C)(C)C)cc1OC. The number of halogens is 1. The van der Waals surface area contributed by atoms with Gasteiger partial charge in [-0.25, -0.2) is 0 Å². The minimum Gasteiger partial charge on any atom is -0.493 e. The summed E-state index contributed by atoms with van der Waals surface area (Å²) in [5, 5.41) is 6.37. The van der Waals surface area contributed by atoms with Crippen LogP contribution in [0.3, 0.4) is 0 Å². The summed E-state index contributed by atoms with van der Waals surface area (Å²) in [5.41, 5.74) is 0.277. The maximum atomic E-state index is 11.8. The van der Waals surface area contributed by atoms with E-state index < -0.39 is 5.41 Å². The lowest BCUT2D eigenvalue weighted by molar-refractivity contribution is -0.126. The van der Waals surface area contributed by atoms with E-state index in [1.165, 1.54) is 0 Å². The number of nitrogens with one attached hydrogen (secondary N) is 2. The van der Waals surface area contributed by atoms with Crippen LogP contribution in [0.2, 0.25) is 5.02 Å². The molecule has 5 nitrogen and oxygen atoms in total. The first-order valence-corrected chi connectivity index (χ1v) is 7.47. The van der Waals surface area contributed by atoms with E-state index >= 15 is 0 Å². The summed E-state index contributed by atoms with van der Waals surface area (Å²) < 4.78 is 10.4. The number of methoxy groups -OCH3 is 2. The van der Waals surface area contributed by atoms with Crippen molar-refractivity contribution in [2.24, 2.45) is 5.41 Å². The van der Waals surface area contributed by atoms with Crippen LogP contribution in [0.4, 0.5) is 0 Å². The molecule has 0 aromatic heterocycles. The van der Waals surface area contributed by atoms with Gasteiger partial charge in [0.25, 0.3) is 0 Å². The molecular weight excluding hydrogens is 324 g/mol. The smallest absolute Gasteiger partial charge is 0.231 e. The molecule has 0 atom stereocenters. The Balaban J connectivity index is 2.72. The predicted molar refractivity (Wildman–Crippen MR) is 91.6 cm³/mol. The van der Waals surface area contributed by atoms with Gasteiger partial charge in [0.2, 0.25) is 5.91 Å². The molecule has 0 fully saturated rings. The first-order valence-electron chi connectivity index (χ1n) is 6.68. The van der Waals surface area contributed by atoms with Crippen molar-refractivity contribution >= 4 is 34.8 Å². The van der Waals surface area contributed by atoms with Gasteiger partial charge in [0.05, 0.1) is 14.2 Å². The van der Waals surface area contributed by atoms with Crippen molar-refractivity contribution in [2.75, 3.05) is 14.2 Å². The fourth-order valence-electron chi connectivity index (χ4n) is 1.54. The van der Waals surface area contributed by atoms with Gasteiger partial charge in [-0.2, -0.15) is 0 Å². The van der Waals surface area contributed by atoms with Crippen LogP contribution in [0.25, 0.3) is 0 Å². The summed E-state index contributed by atoms with van der Waals surface area (Å²) in [6, 6.07) is 3.44. The Kier molecular flexibility index (Phi) is 6.44. The first kappa shape index (κ1) is 18.5. The van der Waals surface area contributed by atoms with Crippen LogP contribution < -0.4 is 20.1 Å². The van der Waals surface area contributed by atoms with E-state index in [9.17, 15) is 4.79 Å². The number of ether oxygens (including phenoxy) is 2. The Morgan fingerprint density at radius 1 is 1.23 bits per heavy atom. The zero-order valence-electron chi connectivity index (χ0n) is 13.4. The number of carbonyl (C=O) groups excluding carboxylic acids is 1. The van der Waals surface area contributed by atoms with Crippen molar-refractivity contribution in [1.29, 1.82) is 0 Å². The molecule has 0 heterocycles. The third kappa shape index (κ3) is 5.03. The van der Waals surface area contributed by atoms with Gasteiger partial charge in [0.15, 0.2) is 16.6 Å². The van der Waals surface area contributed by atoms with E-state index in [4.69, 9.17) is 33.3 Å². The van der Waals surface area contributed by atoms with Crippen LogP contribution in [0.1, 0.15) is 26.3 Å². The van der Waals surface area contributed by atoms with Crippen molar-refractivity contribution < 1.29 is 14.3 Å². The highest BCUT2D eigenvalue weighted by Crippen LogP contribution is 2.32. The lowest BCUT2D eigenvalue weighted by Gasteiger charge is -2.19. The zero-order chi connectivity index (χ0) is 16.9. The predicted octanol–water partition coefficient (Wildman–Crippen LogP) is 2.89. The van der Waals surface area contributed by atoms with Crippen molar-refractivity contribution in [3.05, 3.63) is 22.7 Å². The van der Waals surface area contributed by atoms with Crippen molar-refractivity contribution in [3.63, 3.8) is 0 Å². The molecule has 0 bridgehead atoms. The molecular formula is C15H21ClN2O3S. The molecule has 0 saturated carbocycles. The average Bonchev–Trinajstić information content (AvgIpc) is 2.44. The third-order valence-corrected chi connectivity index (χ3v) is 3.50. The molecule has 0 aliphatic rings. The summed E-state index contributed by atoms with van der Waals surface area (Å²) in [5.74, 6) is 0.983. The second kappa shape index (κ2) is 7.65. The number of hydrogen-bond acceptors (Lipinski definition) is 4.